The van der Waals surface area contributed by atoms with Gasteiger partial charge >= 0.3 is 16.5 Å². The molecule has 5 nitrogen and oxygen atoms in total. The SMILES string of the molecule is CC(C)CC(N=S(=O)=O)C(=O)O.CC(C)c1ccccc1. The molecule has 1 aromatic carbocycles. The number of carbonyl (C=O) groups is 1. The standard InChI is InChI=1S/C9H12.C6H11NO4S/c1-8(2)9-6-4-3-5-7-9;1-4(2)3-5(6(8)9)7-12(10)11/h3-8H,1-2H3;4-5H,3H2,1-2H3,(H,8,9). The number of benzene rings is 1. The third kappa shape index (κ3) is 9.79. The van der Waals surface area contributed by atoms with Crippen molar-refractivity contribution in [3.05, 3.63) is 35.9 Å². The molecular formula is C15H23NO4S. The molecule has 0 fully saturated rings. The molecular weight excluding hydrogens is 290 g/mol. The maximum atomic E-state index is 10.4. The van der Waals surface area contributed by atoms with Crippen LogP contribution in [0.2, 0.25) is 0 Å². The average Bonchev–Trinajstić information content (AvgIpc) is 2.38. The highest BCUT2D eigenvalue weighted by molar-refractivity contribution is 7.61. The van der Waals surface area contributed by atoms with Gasteiger partial charge in [-0.3, -0.25) is 0 Å². The quantitative estimate of drug-likeness (QED) is 0.903. The minimum Gasteiger partial charge on any atom is -0.480 e. The molecule has 0 aliphatic heterocycles. The van der Waals surface area contributed by atoms with Crippen molar-refractivity contribution in [1.82, 2.24) is 0 Å². The minimum absolute atomic E-state index is 0.110. The van der Waals surface area contributed by atoms with Gasteiger partial charge in [0.2, 0.25) is 0 Å². The van der Waals surface area contributed by atoms with Gasteiger partial charge < -0.3 is 5.11 Å². The Hall–Kier alpha value is -1.69. The number of rotatable bonds is 5. The number of aliphatic carboxylic acids is 1. The van der Waals surface area contributed by atoms with Crippen LogP contribution in [0.1, 0.15) is 45.6 Å². The van der Waals surface area contributed by atoms with Crippen LogP contribution in [0.4, 0.5) is 0 Å². The van der Waals surface area contributed by atoms with Crippen molar-refractivity contribution in [2.45, 2.75) is 46.1 Å². The molecule has 1 N–H and O–H groups in total. The van der Waals surface area contributed by atoms with E-state index in [9.17, 15) is 13.2 Å². The van der Waals surface area contributed by atoms with E-state index in [1.807, 2.05) is 6.07 Å². The Morgan fingerprint density at radius 3 is 1.95 bits per heavy atom. The molecule has 0 bridgehead atoms. The second-order valence-electron chi connectivity index (χ2n) is 5.37. The Labute approximate surface area is 127 Å². The number of carboxylic acid groups (broad SMARTS) is 1. The van der Waals surface area contributed by atoms with E-state index in [0.717, 1.165) is 0 Å². The molecule has 0 spiro atoms. The summed E-state index contributed by atoms with van der Waals surface area (Å²) >= 11 is 0. The molecule has 1 aromatic rings. The Morgan fingerprint density at radius 2 is 1.67 bits per heavy atom. The molecule has 0 aromatic heterocycles. The van der Waals surface area contributed by atoms with Crippen LogP contribution in [0.15, 0.2) is 34.7 Å². The molecule has 0 amide bonds. The zero-order chi connectivity index (χ0) is 16.4. The van der Waals surface area contributed by atoms with Gasteiger partial charge in [-0.2, -0.15) is 12.8 Å². The first kappa shape index (κ1) is 19.3. The Morgan fingerprint density at radius 1 is 1.14 bits per heavy atom. The van der Waals surface area contributed by atoms with Crippen molar-refractivity contribution in [3.63, 3.8) is 0 Å². The van der Waals surface area contributed by atoms with E-state index in [1.54, 1.807) is 13.8 Å². The van der Waals surface area contributed by atoms with Crippen molar-refractivity contribution < 1.29 is 18.3 Å². The summed E-state index contributed by atoms with van der Waals surface area (Å²) in [5, 5.41) is 8.50. The summed E-state index contributed by atoms with van der Waals surface area (Å²) in [6.07, 6.45) is 0.239. The second-order valence-corrected chi connectivity index (χ2v) is 6.02. The molecule has 1 atom stereocenters. The van der Waals surface area contributed by atoms with Gasteiger partial charge in [-0.05, 0) is 23.8 Å². The monoisotopic (exact) mass is 313 g/mol. The molecule has 21 heavy (non-hydrogen) atoms. The summed E-state index contributed by atoms with van der Waals surface area (Å²) in [4.78, 5) is 10.4. The van der Waals surface area contributed by atoms with Gasteiger partial charge in [0, 0.05) is 0 Å². The van der Waals surface area contributed by atoms with Crippen LogP contribution in [-0.2, 0) is 15.3 Å². The lowest BCUT2D eigenvalue weighted by Crippen LogP contribution is -2.19. The van der Waals surface area contributed by atoms with Crippen molar-refractivity contribution in [1.29, 1.82) is 0 Å². The largest absolute Gasteiger partial charge is 0.480 e. The molecule has 118 valence electrons. The summed E-state index contributed by atoms with van der Waals surface area (Å²) in [5.41, 5.74) is 1.41. The average molecular weight is 313 g/mol. The van der Waals surface area contributed by atoms with Gasteiger partial charge in [0.05, 0.1) is 0 Å². The minimum atomic E-state index is -2.64. The summed E-state index contributed by atoms with van der Waals surface area (Å²) in [7, 11) is -2.64. The van der Waals surface area contributed by atoms with Gasteiger partial charge in [0.1, 0.15) is 0 Å². The van der Waals surface area contributed by atoms with Crippen LogP contribution in [0.3, 0.4) is 0 Å². The van der Waals surface area contributed by atoms with Gasteiger partial charge in [0.15, 0.2) is 6.04 Å². The van der Waals surface area contributed by atoms with Crippen molar-refractivity contribution in [2.75, 3.05) is 0 Å². The van der Waals surface area contributed by atoms with Gasteiger partial charge in [-0.1, -0.05) is 58.0 Å². The van der Waals surface area contributed by atoms with Crippen LogP contribution in [-0.4, -0.2) is 25.5 Å². The summed E-state index contributed by atoms with van der Waals surface area (Å²) in [6, 6.07) is 9.38. The first-order valence-electron chi connectivity index (χ1n) is 6.82. The first-order valence-corrected chi connectivity index (χ1v) is 7.85. The molecule has 0 radical (unpaired) electrons. The third-order valence-electron chi connectivity index (χ3n) is 2.66. The molecule has 0 heterocycles. The number of hydrogen-bond donors (Lipinski definition) is 1. The van der Waals surface area contributed by atoms with E-state index in [-0.39, 0.29) is 12.3 Å². The van der Waals surface area contributed by atoms with Crippen LogP contribution < -0.4 is 0 Å². The van der Waals surface area contributed by atoms with Crippen LogP contribution in [0.25, 0.3) is 0 Å². The lowest BCUT2D eigenvalue weighted by Gasteiger charge is -2.06. The first-order chi connectivity index (χ1) is 9.73. The Kier molecular flexibility index (Phi) is 9.28. The van der Waals surface area contributed by atoms with E-state index in [1.165, 1.54) is 5.56 Å². The normalized spacial score (nSPS) is 11.5. The molecule has 0 saturated heterocycles. The van der Waals surface area contributed by atoms with E-state index in [4.69, 9.17) is 5.11 Å². The lowest BCUT2D eigenvalue weighted by molar-refractivity contribution is -0.138. The predicted molar refractivity (Wildman–Crippen MR) is 82.8 cm³/mol. The van der Waals surface area contributed by atoms with Crippen LogP contribution in [0.5, 0.6) is 0 Å². The van der Waals surface area contributed by atoms with E-state index >= 15 is 0 Å². The predicted octanol–water partition coefficient (Wildman–Crippen LogP) is 3.36. The maximum absolute atomic E-state index is 10.4. The highest BCUT2D eigenvalue weighted by Crippen LogP contribution is 2.11. The number of hydrogen-bond acceptors (Lipinski definition) is 4. The smallest absolute Gasteiger partial charge is 0.329 e. The summed E-state index contributed by atoms with van der Waals surface area (Å²) < 4.78 is 23.2. The lowest BCUT2D eigenvalue weighted by atomic mass is 10.0. The van der Waals surface area contributed by atoms with Crippen molar-refractivity contribution in [3.8, 4) is 0 Å². The van der Waals surface area contributed by atoms with Crippen LogP contribution >= 0.6 is 0 Å². The highest BCUT2D eigenvalue weighted by atomic mass is 32.2. The van der Waals surface area contributed by atoms with Crippen molar-refractivity contribution >= 4 is 16.5 Å². The Balaban J connectivity index is 0.000000394. The zero-order valence-corrected chi connectivity index (χ0v) is 13.7. The van der Waals surface area contributed by atoms with E-state index in [2.05, 4.69) is 42.5 Å². The van der Waals surface area contributed by atoms with Gasteiger partial charge in [0.25, 0.3) is 0 Å². The van der Waals surface area contributed by atoms with E-state index in [0.29, 0.717) is 5.92 Å². The molecule has 0 aliphatic carbocycles. The topological polar surface area (TPSA) is 83.8 Å². The Bertz CT molecular complexity index is 542. The van der Waals surface area contributed by atoms with Crippen molar-refractivity contribution in [2.24, 2.45) is 10.3 Å². The second kappa shape index (κ2) is 10.1. The highest BCUT2D eigenvalue weighted by Gasteiger charge is 2.17. The number of nitrogens with zero attached hydrogens (tertiary/aromatic N) is 1. The molecule has 1 rings (SSSR count). The molecule has 1 unspecified atom stereocenters. The summed E-state index contributed by atoms with van der Waals surface area (Å²) in [6.45, 7) is 8.02. The summed E-state index contributed by atoms with van der Waals surface area (Å²) in [5.74, 6) is -0.433. The fourth-order valence-electron chi connectivity index (χ4n) is 1.58. The third-order valence-corrected chi connectivity index (χ3v) is 3.09. The number of carboxylic acids is 1. The van der Waals surface area contributed by atoms with Gasteiger partial charge in [-0.25, -0.2) is 4.79 Å². The molecule has 6 heteroatoms. The fraction of sp³-hybridized carbons (Fsp3) is 0.533. The molecule has 0 aliphatic rings. The van der Waals surface area contributed by atoms with Crippen LogP contribution in [0, 0.1) is 5.92 Å². The zero-order valence-electron chi connectivity index (χ0n) is 12.9. The molecule has 0 saturated carbocycles. The fourth-order valence-corrected chi connectivity index (χ4v) is 1.96. The van der Waals surface area contributed by atoms with Gasteiger partial charge in [-0.15, -0.1) is 0 Å². The maximum Gasteiger partial charge on any atom is 0.329 e. The van der Waals surface area contributed by atoms with E-state index < -0.39 is 22.5 Å².